The number of rotatable bonds is 1. The topological polar surface area (TPSA) is 43.1 Å². The second kappa shape index (κ2) is 1.76. The molecule has 0 saturated carbocycles. The Bertz CT molecular complexity index is 42.2. The summed E-state index contributed by atoms with van der Waals surface area (Å²) in [4.78, 5) is 9.59. The van der Waals surface area contributed by atoms with Gasteiger partial charge in [0.1, 0.15) is 0 Å². The summed E-state index contributed by atoms with van der Waals surface area (Å²) in [5.74, 6) is -0.245. The van der Waals surface area contributed by atoms with Gasteiger partial charge in [0.25, 0.3) is 0 Å². The molecule has 0 aromatic rings. The van der Waals surface area contributed by atoms with Crippen molar-refractivity contribution in [2.24, 2.45) is 5.73 Å². The third-order valence-corrected chi connectivity index (χ3v) is 0.348. The predicted octanol–water partition coefficient (Wildman–Crippen LogP) is -0.118. The smallest absolute Gasteiger partial charge is 0.217 e. The average Bonchev–Trinajstić information content (AvgIpc) is 1.38. The minimum atomic E-state index is -0.245. The number of nitrogens with two attached hydrogens (primary N) is 1. The van der Waals surface area contributed by atoms with Gasteiger partial charge in [0, 0.05) is 6.42 Å². The lowest BCUT2D eigenvalue weighted by Crippen LogP contribution is -2.06. The second-order valence-corrected chi connectivity index (χ2v) is 0.820. The number of carbonyl (C=O) groups is 1. The number of hydrogen-bond donors (Lipinski definition) is 1. The Morgan fingerprint density at radius 3 is 2.20 bits per heavy atom. The van der Waals surface area contributed by atoms with Gasteiger partial charge in [0.15, 0.2) is 0 Å². The van der Waals surface area contributed by atoms with Crippen molar-refractivity contribution in [1.82, 2.24) is 0 Å². The van der Waals surface area contributed by atoms with Crippen molar-refractivity contribution in [2.75, 3.05) is 0 Å². The van der Waals surface area contributed by atoms with Crippen LogP contribution in [-0.2, 0) is 4.79 Å². The van der Waals surface area contributed by atoms with Crippen molar-refractivity contribution in [3.63, 3.8) is 0 Å². The van der Waals surface area contributed by atoms with E-state index < -0.39 is 0 Å². The number of primary amides is 1. The van der Waals surface area contributed by atoms with Crippen molar-refractivity contribution < 1.29 is 4.79 Å². The Labute approximate surface area is 31.0 Å². The van der Waals surface area contributed by atoms with E-state index in [4.69, 9.17) is 0 Å². The highest BCUT2D eigenvalue weighted by atomic mass is 16.2. The maximum Gasteiger partial charge on any atom is 0.217 e. The molecular weight excluding hydrogens is 68.0 g/mol. The first-order valence-electron chi connectivity index (χ1n) is 1.55. The van der Waals surface area contributed by atoms with E-state index in [1.807, 2.05) is 0 Å². The third kappa shape index (κ3) is 3.47. The van der Waals surface area contributed by atoms with Gasteiger partial charge in [-0.1, -0.05) is 6.92 Å². The standard InChI is InChI=1S/C3H7NO/c1-2-3(4)5/h2H2,1H3,(H2,4,5)/i2+1,3+1. The lowest BCUT2D eigenvalue weighted by Gasteiger charge is -1.73. The molecule has 0 aromatic carbocycles. The fourth-order valence-electron chi connectivity index (χ4n) is 0. The Morgan fingerprint density at radius 1 is 2.00 bits per heavy atom. The van der Waals surface area contributed by atoms with Crippen LogP contribution in [0.1, 0.15) is 13.3 Å². The SMILES string of the molecule is C[13CH2][13C](N)=O. The lowest BCUT2D eigenvalue weighted by atomic mass is 11.1. The van der Waals surface area contributed by atoms with Gasteiger partial charge >= 0.3 is 0 Å². The molecule has 0 rings (SSSR count). The Hall–Kier alpha value is -0.530. The van der Waals surface area contributed by atoms with Crippen LogP contribution in [0.15, 0.2) is 0 Å². The fraction of sp³-hybridized carbons (Fsp3) is 0.667. The molecule has 0 aliphatic carbocycles. The quantitative estimate of drug-likeness (QED) is 0.434. The Balaban J connectivity index is 2.85. The average molecular weight is 75.1 g/mol. The van der Waals surface area contributed by atoms with Gasteiger partial charge in [-0.15, -0.1) is 0 Å². The first kappa shape index (κ1) is 4.47. The number of carbonyl (C=O) groups excluding carboxylic acids is 1. The van der Waals surface area contributed by atoms with Gasteiger partial charge < -0.3 is 5.73 Å². The normalized spacial score (nSPS) is 7.40. The number of amides is 1. The summed E-state index contributed by atoms with van der Waals surface area (Å²) < 4.78 is 0. The van der Waals surface area contributed by atoms with E-state index in [-0.39, 0.29) is 5.91 Å². The molecule has 2 heteroatoms. The van der Waals surface area contributed by atoms with E-state index in [1.54, 1.807) is 6.92 Å². The minimum Gasteiger partial charge on any atom is -0.370 e. The summed E-state index contributed by atoms with van der Waals surface area (Å²) >= 11 is 0. The maximum atomic E-state index is 9.59. The largest absolute Gasteiger partial charge is 0.370 e. The molecule has 0 aliphatic rings. The van der Waals surface area contributed by atoms with E-state index in [9.17, 15) is 4.79 Å². The summed E-state index contributed by atoms with van der Waals surface area (Å²) in [6.07, 6.45) is 0.444. The van der Waals surface area contributed by atoms with Crippen molar-refractivity contribution in [3.05, 3.63) is 0 Å². The molecule has 0 spiro atoms. The molecule has 0 heterocycles. The molecule has 0 aromatic heterocycles. The van der Waals surface area contributed by atoms with E-state index in [2.05, 4.69) is 5.73 Å². The highest BCUT2D eigenvalue weighted by Crippen LogP contribution is 1.63. The van der Waals surface area contributed by atoms with Crippen molar-refractivity contribution in [1.29, 1.82) is 0 Å². The van der Waals surface area contributed by atoms with E-state index in [0.29, 0.717) is 6.42 Å². The zero-order valence-corrected chi connectivity index (χ0v) is 3.19. The molecule has 2 N–H and O–H groups in total. The van der Waals surface area contributed by atoms with Gasteiger partial charge in [0.2, 0.25) is 5.91 Å². The molecule has 0 radical (unpaired) electrons. The molecule has 0 unspecified atom stereocenters. The van der Waals surface area contributed by atoms with E-state index in [1.165, 1.54) is 0 Å². The highest BCUT2D eigenvalue weighted by molar-refractivity contribution is 5.73. The van der Waals surface area contributed by atoms with Crippen molar-refractivity contribution in [2.45, 2.75) is 13.3 Å². The van der Waals surface area contributed by atoms with Crippen LogP contribution in [0.4, 0.5) is 0 Å². The molecule has 30 valence electrons. The van der Waals surface area contributed by atoms with Crippen LogP contribution in [0.2, 0.25) is 0 Å². The Kier molecular flexibility index (Phi) is 1.57. The van der Waals surface area contributed by atoms with E-state index in [0.717, 1.165) is 0 Å². The predicted molar refractivity (Wildman–Crippen MR) is 19.5 cm³/mol. The summed E-state index contributed by atoms with van der Waals surface area (Å²) in [6, 6.07) is 0. The zero-order chi connectivity index (χ0) is 4.28. The van der Waals surface area contributed by atoms with Crippen LogP contribution < -0.4 is 5.73 Å². The summed E-state index contributed by atoms with van der Waals surface area (Å²) in [7, 11) is 0. The van der Waals surface area contributed by atoms with Crippen LogP contribution in [0, 0.1) is 0 Å². The maximum absolute atomic E-state index is 9.59. The van der Waals surface area contributed by atoms with Crippen LogP contribution in [0.25, 0.3) is 0 Å². The molecule has 0 atom stereocenters. The van der Waals surface area contributed by atoms with Gasteiger partial charge in [-0.05, 0) is 0 Å². The second-order valence-electron chi connectivity index (χ2n) is 0.820. The van der Waals surface area contributed by atoms with Gasteiger partial charge in [0.05, 0.1) is 0 Å². The molecule has 0 bridgehead atoms. The summed E-state index contributed by atoms with van der Waals surface area (Å²) in [6.45, 7) is 1.72. The molecule has 2 nitrogen and oxygen atoms in total. The van der Waals surface area contributed by atoms with Crippen LogP contribution in [-0.4, -0.2) is 5.91 Å². The van der Waals surface area contributed by atoms with Crippen LogP contribution in [0.5, 0.6) is 0 Å². The first-order valence-corrected chi connectivity index (χ1v) is 1.55. The monoisotopic (exact) mass is 75.1 g/mol. The highest BCUT2D eigenvalue weighted by Gasteiger charge is 1.77. The summed E-state index contributed by atoms with van der Waals surface area (Å²) in [5.41, 5.74) is 4.65. The lowest BCUT2D eigenvalue weighted by molar-refractivity contribution is -0.117. The minimum absolute atomic E-state index is 0.245. The molecule has 0 saturated heterocycles. The number of hydrogen-bond acceptors (Lipinski definition) is 1. The third-order valence-electron chi connectivity index (χ3n) is 0.348. The van der Waals surface area contributed by atoms with Gasteiger partial charge in [-0.25, -0.2) is 0 Å². The summed E-state index contributed by atoms with van der Waals surface area (Å²) in [5, 5.41) is 0. The Morgan fingerprint density at radius 2 is 2.20 bits per heavy atom. The molecular formula is C3H7NO. The van der Waals surface area contributed by atoms with Gasteiger partial charge in [-0.3, -0.25) is 4.79 Å². The van der Waals surface area contributed by atoms with E-state index >= 15 is 0 Å². The zero-order valence-electron chi connectivity index (χ0n) is 3.19. The van der Waals surface area contributed by atoms with Gasteiger partial charge in [-0.2, -0.15) is 0 Å². The fourth-order valence-corrected chi connectivity index (χ4v) is 0. The van der Waals surface area contributed by atoms with Crippen LogP contribution in [0.3, 0.4) is 0 Å². The molecule has 1 amide bonds. The molecule has 5 heavy (non-hydrogen) atoms. The van der Waals surface area contributed by atoms with Crippen LogP contribution >= 0.6 is 0 Å². The van der Waals surface area contributed by atoms with Crippen molar-refractivity contribution >= 4 is 5.91 Å². The molecule has 0 fully saturated rings. The first-order chi connectivity index (χ1) is 2.27. The van der Waals surface area contributed by atoms with Crippen molar-refractivity contribution in [3.8, 4) is 0 Å². The molecule has 0 aliphatic heterocycles.